The number of carbonyl (C=O) groups excluding carboxylic acids is 1. The van der Waals surface area contributed by atoms with E-state index >= 15 is 0 Å². The van der Waals surface area contributed by atoms with E-state index in [0.717, 1.165) is 12.1 Å². The molecule has 0 fully saturated rings. The molecule has 108 valence electrons. The zero-order valence-electron chi connectivity index (χ0n) is 11.6. The van der Waals surface area contributed by atoms with E-state index in [9.17, 15) is 4.79 Å². The molecule has 0 unspecified atom stereocenters. The molecule has 5 nitrogen and oxygen atoms in total. The highest BCUT2D eigenvalue weighted by molar-refractivity contribution is 6.28. The molecule has 0 aliphatic carbocycles. The normalized spacial score (nSPS) is 15.0. The fourth-order valence-corrected chi connectivity index (χ4v) is 2.64. The Morgan fingerprint density at radius 2 is 2.00 bits per heavy atom. The predicted octanol–water partition coefficient (Wildman–Crippen LogP) is 3.31. The smallest absolute Gasteiger partial charge is 0.224 e. The van der Waals surface area contributed by atoms with Crippen molar-refractivity contribution in [3.8, 4) is 0 Å². The highest BCUT2D eigenvalue weighted by atomic mass is 35.5. The summed E-state index contributed by atoms with van der Waals surface area (Å²) in [6.45, 7) is 2.52. The summed E-state index contributed by atoms with van der Waals surface area (Å²) in [6, 6.07) is 9.94. The minimum absolute atomic E-state index is 0.0158. The molecule has 1 amide bonds. The van der Waals surface area contributed by atoms with Crippen LogP contribution in [0, 0.1) is 6.92 Å². The monoisotopic (exact) mass is 302 g/mol. The fraction of sp³-hybridized carbons (Fsp3) is 0.267. The summed E-state index contributed by atoms with van der Waals surface area (Å²) >= 11 is 6.00. The van der Waals surface area contributed by atoms with E-state index in [-0.39, 0.29) is 11.2 Å². The van der Waals surface area contributed by atoms with E-state index in [1.807, 2.05) is 37.3 Å². The molecule has 1 aliphatic heterocycles. The van der Waals surface area contributed by atoms with Gasteiger partial charge in [0.1, 0.15) is 5.69 Å². The van der Waals surface area contributed by atoms with Gasteiger partial charge in [-0.25, -0.2) is 4.98 Å². The lowest BCUT2D eigenvalue weighted by Gasteiger charge is -2.28. The second kappa shape index (κ2) is 5.69. The second-order valence-corrected chi connectivity index (χ2v) is 5.25. The van der Waals surface area contributed by atoms with Crippen LogP contribution in [-0.4, -0.2) is 22.4 Å². The van der Waals surface area contributed by atoms with E-state index in [1.165, 1.54) is 0 Å². The second-order valence-electron chi connectivity index (χ2n) is 4.92. The number of nitrogens with one attached hydrogen (secondary N) is 1. The van der Waals surface area contributed by atoms with Gasteiger partial charge in [-0.3, -0.25) is 4.79 Å². The molecule has 21 heavy (non-hydrogen) atoms. The van der Waals surface area contributed by atoms with Gasteiger partial charge in [0.05, 0.1) is 5.69 Å². The maximum absolute atomic E-state index is 11.9. The molecule has 0 saturated carbocycles. The summed E-state index contributed by atoms with van der Waals surface area (Å²) in [5.74, 6) is 0.629. The van der Waals surface area contributed by atoms with Crippen LogP contribution in [0.2, 0.25) is 5.28 Å². The van der Waals surface area contributed by atoms with Crippen LogP contribution in [0.15, 0.2) is 30.3 Å². The number of carbonyl (C=O) groups is 1. The Morgan fingerprint density at radius 1 is 1.24 bits per heavy atom. The SMILES string of the molecule is Cc1nc(Cl)nc2c1NC(=O)CCCN2c1ccccc1. The molecular weight excluding hydrogens is 288 g/mol. The van der Waals surface area contributed by atoms with Crippen molar-refractivity contribution in [1.82, 2.24) is 9.97 Å². The Kier molecular flexibility index (Phi) is 3.75. The van der Waals surface area contributed by atoms with Crippen molar-refractivity contribution >= 4 is 34.7 Å². The van der Waals surface area contributed by atoms with Gasteiger partial charge in [0, 0.05) is 18.7 Å². The molecule has 2 aromatic rings. The van der Waals surface area contributed by atoms with Crippen molar-refractivity contribution in [1.29, 1.82) is 0 Å². The zero-order chi connectivity index (χ0) is 14.8. The molecule has 1 N–H and O–H groups in total. The summed E-state index contributed by atoms with van der Waals surface area (Å²) in [5, 5.41) is 3.08. The van der Waals surface area contributed by atoms with Crippen molar-refractivity contribution in [2.45, 2.75) is 19.8 Å². The van der Waals surface area contributed by atoms with Gasteiger partial charge in [0.15, 0.2) is 5.82 Å². The molecule has 1 aromatic heterocycles. The number of amides is 1. The first-order valence-electron chi connectivity index (χ1n) is 6.82. The number of anilines is 3. The summed E-state index contributed by atoms with van der Waals surface area (Å²) in [7, 11) is 0. The largest absolute Gasteiger partial charge is 0.324 e. The first kappa shape index (κ1) is 13.8. The first-order valence-corrected chi connectivity index (χ1v) is 7.19. The number of rotatable bonds is 1. The van der Waals surface area contributed by atoms with Crippen molar-refractivity contribution in [2.24, 2.45) is 0 Å². The molecular formula is C15H15ClN4O. The molecule has 1 aromatic carbocycles. The lowest BCUT2D eigenvalue weighted by molar-refractivity contribution is -0.116. The van der Waals surface area contributed by atoms with Gasteiger partial charge in [-0.15, -0.1) is 0 Å². The Hall–Kier alpha value is -2.14. The number of benzene rings is 1. The number of aromatic nitrogens is 2. The highest BCUT2D eigenvalue weighted by Crippen LogP contribution is 2.34. The Bertz CT molecular complexity index is 675. The maximum Gasteiger partial charge on any atom is 0.224 e. The average molecular weight is 303 g/mol. The van der Waals surface area contributed by atoms with E-state index in [1.54, 1.807) is 0 Å². The number of hydrogen-bond donors (Lipinski definition) is 1. The number of nitrogens with zero attached hydrogens (tertiary/aromatic N) is 3. The van der Waals surface area contributed by atoms with Crippen LogP contribution in [0.3, 0.4) is 0 Å². The van der Waals surface area contributed by atoms with E-state index in [0.29, 0.717) is 30.2 Å². The van der Waals surface area contributed by atoms with Gasteiger partial charge in [0.2, 0.25) is 11.2 Å². The summed E-state index contributed by atoms with van der Waals surface area (Å²) < 4.78 is 0. The summed E-state index contributed by atoms with van der Waals surface area (Å²) in [4.78, 5) is 22.4. The number of halogens is 1. The third-order valence-electron chi connectivity index (χ3n) is 3.42. The Balaban J connectivity index is 2.15. The van der Waals surface area contributed by atoms with E-state index < -0.39 is 0 Å². The van der Waals surface area contributed by atoms with Gasteiger partial charge in [-0.1, -0.05) is 18.2 Å². The molecule has 0 saturated heterocycles. The summed E-state index contributed by atoms with van der Waals surface area (Å²) in [5.41, 5.74) is 2.32. The van der Waals surface area contributed by atoms with Gasteiger partial charge in [0.25, 0.3) is 0 Å². The minimum atomic E-state index is -0.0158. The van der Waals surface area contributed by atoms with Gasteiger partial charge < -0.3 is 10.2 Å². The van der Waals surface area contributed by atoms with Crippen molar-refractivity contribution in [3.63, 3.8) is 0 Å². The standard InChI is InChI=1S/C15H15ClN4O/c1-10-13-14(19-15(16)17-10)20(9-5-8-12(21)18-13)11-6-3-2-4-7-11/h2-4,6-7H,5,8-9H2,1H3,(H,18,21). The van der Waals surface area contributed by atoms with Crippen LogP contribution in [0.1, 0.15) is 18.5 Å². The van der Waals surface area contributed by atoms with Crippen LogP contribution in [0.4, 0.5) is 17.2 Å². The highest BCUT2D eigenvalue weighted by Gasteiger charge is 2.22. The predicted molar refractivity (Wildman–Crippen MR) is 83.1 cm³/mol. The number of hydrogen-bond acceptors (Lipinski definition) is 4. The van der Waals surface area contributed by atoms with E-state index in [4.69, 9.17) is 11.6 Å². The number of aryl methyl sites for hydroxylation is 1. The van der Waals surface area contributed by atoms with Crippen molar-refractivity contribution < 1.29 is 4.79 Å². The maximum atomic E-state index is 11.9. The third-order valence-corrected chi connectivity index (χ3v) is 3.59. The van der Waals surface area contributed by atoms with E-state index in [2.05, 4.69) is 20.2 Å². The molecule has 6 heteroatoms. The van der Waals surface area contributed by atoms with Crippen LogP contribution in [0.5, 0.6) is 0 Å². The molecule has 0 atom stereocenters. The molecule has 0 radical (unpaired) electrons. The fourth-order valence-electron chi connectivity index (χ4n) is 2.43. The molecule has 0 bridgehead atoms. The molecule has 3 rings (SSSR count). The number of para-hydroxylation sites is 1. The molecule has 1 aliphatic rings. The van der Waals surface area contributed by atoms with Gasteiger partial charge >= 0.3 is 0 Å². The Morgan fingerprint density at radius 3 is 2.76 bits per heavy atom. The average Bonchev–Trinajstić information content (AvgIpc) is 2.45. The minimum Gasteiger partial charge on any atom is -0.324 e. The summed E-state index contributed by atoms with van der Waals surface area (Å²) in [6.07, 6.45) is 1.23. The van der Waals surface area contributed by atoms with Crippen molar-refractivity contribution in [2.75, 3.05) is 16.8 Å². The van der Waals surface area contributed by atoms with Crippen LogP contribution < -0.4 is 10.2 Å². The zero-order valence-corrected chi connectivity index (χ0v) is 12.4. The molecule has 0 spiro atoms. The lowest BCUT2D eigenvalue weighted by Crippen LogP contribution is -2.27. The number of fused-ring (bicyclic) bond motifs is 1. The Labute approximate surface area is 128 Å². The molecule has 2 heterocycles. The van der Waals surface area contributed by atoms with Crippen LogP contribution in [0.25, 0.3) is 0 Å². The van der Waals surface area contributed by atoms with Gasteiger partial charge in [-0.2, -0.15) is 4.98 Å². The quantitative estimate of drug-likeness (QED) is 0.821. The van der Waals surface area contributed by atoms with Crippen LogP contribution >= 0.6 is 11.6 Å². The first-order chi connectivity index (χ1) is 10.1. The topological polar surface area (TPSA) is 58.1 Å². The van der Waals surface area contributed by atoms with Crippen LogP contribution in [-0.2, 0) is 4.79 Å². The lowest BCUT2D eigenvalue weighted by atomic mass is 10.2. The third kappa shape index (κ3) is 2.83. The van der Waals surface area contributed by atoms with Gasteiger partial charge in [-0.05, 0) is 37.1 Å². The van der Waals surface area contributed by atoms with Crippen molar-refractivity contribution in [3.05, 3.63) is 41.3 Å².